The van der Waals surface area contributed by atoms with Crippen molar-refractivity contribution >= 4 is 50.5 Å². The summed E-state index contributed by atoms with van der Waals surface area (Å²) in [5, 5.41) is 0. The van der Waals surface area contributed by atoms with E-state index in [0.29, 0.717) is 8.67 Å². The van der Waals surface area contributed by atoms with Gasteiger partial charge in [-0.05, 0) is 25.1 Å². The largest absolute Gasteiger partial charge is 0.465 e. The number of alkyl halides is 1. The fourth-order valence-electron chi connectivity index (χ4n) is 1.27. The number of hydrogen-bond acceptors (Lipinski definition) is 2. The van der Waals surface area contributed by atoms with Crippen LogP contribution in [0.25, 0.3) is 0 Å². The van der Waals surface area contributed by atoms with Gasteiger partial charge in [0.2, 0.25) is 0 Å². The van der Waals surface area contributed by atoms with E-state index in [1.165, 1.54) is 11.3 Å². The summed E-state index contributed by atoms with van der Waals surface area (Å²) in [6.07, 6.45) is 0. The maximum absolute atomic E-state index is 6.06. The molecular weight excluding hydrogens is 319 g/mol. The summed E-state index contributed by atoms with van der Waals surface area (Å²) in [4.78, 5) is -0.0394. The van der Waals surface area contributed by atoms with Gasteiger partial charge in [0, 0.05) is 5.56 Å². The van der Waals surface area contributed by atoms with Crippen molar-refractivity contribution in [3.63, 3.8) is 0 Å². The molecule has 0 saturated heterocycles. The maximum Gasteiger partial charge on any atom is 0.122 e. The Morgan fingerprint density at radius 3 is 2.60 bits per heavy atom. The molecule has 0 aliphatic heterocycles. The Labute approximate surface area is 110 Å². The molecule has 0 bridgehead atoms. The molecule has 1 unspecified atom stereocenters. The Morgan fingerprint density at radius 2 is 2.13 bits per heavy atom. The molecule has 0 amide bonds. The van der Waals surface area contributed by atoms with Gasteiger partial charge in [-0.25, -0.2) is 0 Å². The van der Waals surface area contributed by atoms with Gasteiger partial charge in [0.1, 0.15) is 11.5 Å². The van der Waals surface area contributed by atoms with Crippen LogP contribution in [-0.4, -0.2) is 0 Å². The molecule has 2 aromatic heterocycles. The lowest BCUT2D eigenvalue weighted by molar-refractivity contribution is 0.492. The highest BCUT2D eigenvalue weighted by atomic mass is 79.9. The summed E-state index contributed by atoms with van der Waals surface area (Å²) in [7, 11) is 0. The van der Waals surface area contributed by atoms with E-state index in [2.05, 4.69) is 15.9 Å². The van der Waals surface area contributed by atoms with E-state index < -0.39 is 0 Å². The minimum Gasteiger partial charge on any atom is -0.465 e. The van der Waals surface area contributed by atoms with Crippen molar-refractivity contribution in [1.82, 2.24) is 0 Å². The molecule has 0 aliphatic rings. The van der Waals surface area contributed by atoms with E-state index in [4.69, 9.17) is 27.6 Å². The summed E-state index contributed by atoms with van der Waals surface area (Å²) in [6.45, 7) is 1.91. The highest BCUT2D eigenvalue weighted by Gasteiger charge is 2.19. The fraction of sp³-hybridized carbons (Fsp3) is 0.200. The molecule has 0 radical (unpaired) electrons. The quantitative estimate of drug-likeness (QED) is 0.670. The van der Waals surface area contributed by atoms with Crippen molar-refractivity contribution in [3.05, 3.63) is 44.0 Å². The van der Waals surface area contributed by atoms with Crippen LogP contribution < -0.4 is 0 Å². The lowest BCUT2D eigenvalue weighted by Crippen LogP contribution is -1.88. The Morgan fingerprint density at radius 1 is 1.40 bits per heavy atom. The molecule has 1 nitrogen and oxygen atoms in total. The number of aryl methyl sites for hydroxylation is 1. The number of halogens is 3. The summed E-state index contributed by atoms with van der Waals surface area (Å²) in [6, 6.07) is 5.70. The van der Waals surface area contributed by atoms with Gasteiger partial charge in [-0.3, -0.25) is 0 Å². The first-order valence-electron chi connectivity index (χ1n) is 4.23. The second-order valence-electron chi connectivity index (χ2n) is 3.09. The molecule has 2 heterocycles. The van der Waals surface area contributed by atoms with E-state index in [9.17, 15) is 0 Å². The predicted molar refractivity (Wildman–Crippen MR) is 68.6 cm³/mol. The Kier molecular flexibility index (Phi) is 3.45. The Bertz CT molecular complexity index is 477. The average Bonchev–Trinajstić information content (AvgIpc) is 2.71. The summed E-state index contributed by atoms with van der Waals surface area (Å²) >= 11 is 16.8. The molecule has 0 fully saturated rings. The van der Waals surface area contributed by atoms with Crippen LogP contribution in [0.5, 0.6) is 0 Å². The number of hydrogen-bond donors (Lipinski definition) is 0. The number of rotatable bonds is 2. The second kappa shape index (κ2) is 4.50. The van der Waals surface area contributed by atoms with Crippen LogP contribution in [0.1, 0.15) is 21.9 Å². The zero-order chi connectivity index (χ0) is 11.0. The SMILES string of the molecule is Cc1ccc(C(Br)c2cc(Cl)sc2Cl)o1. The average molecular weight is 326 g/mol. The standard InChI is InChI=1S/C10H7BrCl2OS/c1-5-2-3-7(14-5)9(11)6-4-8(12)15-10(6)13/h2-4,9H,1H3. The molecule has 1 atom stereocenters. The summed E-state index contributed by atoms with van der Waals surface area (Å²) < 4.78 is 6.89. The van der Waals surface area contributed by atoms with Gasteiger partial charge in [0.25, 0.3) is 0 Å². The molecule has 0 spiro atoms. The summed E-state index contributed by atoms with van der Waals surface area (Å²) in [5.74, 6) is 1.72. The van der Waals surface area contributed by atoms with Crippen LogP contribution >= 0.6 is 50.5 Å². The third kappa shape index (κ3) is 2.41. The molecule has 0 aromatic carbocycles. The van der Waals surface area contributed by atoms with Crippen LogP contribution in [0.4, 0.5) is 0 Å². The predicted octanol–water partition coefficient (Wildman–Crippen LogP) is 5.44. The van der Waals surface area contributed by atoms with Crippen LogP contribution in [0, 0.1) is 6.92 Å². The molecule has 0 saturated carbocycles. The van der Waals surface area contributed by atoms with Crippen molar-refractivity contribution in [1.29, 1.82) is 0 Å². The first kappa shape index (κ1) is 11.5. The van der Waals surface area contributed by atoms with Gasteiger partial charge >= 0.3 is 0 Å². The van der Waals surface area contributed by atoms with E-state index in [-0.39, 0.29) is 4.83 Å². The third-order valence-corrected chi connectivity index (χ3v) is 4.43. The number of thiophene rings is 1. The minimum atomic E-state index is -0.0394. The van der Waals surface area contributed by atoms with Crippen LogP contribution in [0.2, 0.25) is 8.67 Å². The van der Waals surface area contributed by atoms with E-state index in [0.717, 1.165) is 17.1 Å². The Hall–Kier alpha value is 0.0400. The monoisotopic (exact) mass is 324 g/mol. The highest BCUT2D eigenvalue weighted by Crippen LogP contribution is 2.41. The summed E-state index contributed by atoms with van der Waals surface area (Å²) in [5.41, 5.74) is 0.945. The Balaban J connectivity index is 2.35. The van der Waals surface area contributed by atoms with E-state index in [1.807, 2.05) is 25.1 Å². The molecule has 5 heteroatoms. The highest BCUT2D eigenvalue weighted by molar-refractivity contribution is 9.09. The van der Waals surface area contributed by atoms with Gasteiger partial charge in [-0.15, -0.1) is 11.3 Å². The van der Waals surface area contributed by atoms with Crippen molar-refractivity contribution in [2.75, 3.05) is 0 Å². The van der Waals surface area contributed by atoms with Gasteiger partial charge in [0.15, 0.2) is 0 Å². The topological polar surface area (TPSA) is 13.1 Å². The first-order valence-corrected chi connectivity index (χ1v) is 6.72. The minimum absolute atomic E-state index is 0.0394. The number of furan rings is 1. The molecule has 2 rings (SSSR count). The zero-order valence-corrected chi connectivity index (χ0v) is 11.7. The van der Waals surface area contributed by atoms with Gasteiger partial charge < -0.3 is 4.42 Å². The lowest BCUT2D eigenvalue weighted by Gasteiger charge is -2.04. The van der Waals surface area contributed by atoms with Crippen LogP contribution in [0.15, 0.2) is 22.6 Å². The van der Waals surface area contributed by atoms with Crippen LogP contribution in [0.3, 0.4) is 0 Å². The van der Waals surface area contributed by atoms with Crippen molar-refractivity contribution in [2.45, 2.75) is 11.8 Å². The zero-order valence-electron chi connectivity index (χ0n) is 7.76. The van der Waals surface area contributed by atoms with Gasteiger partial charge in [0.05, 0.1) is 13.5 Å². The molecule has 2 aromatic rings. The molecule has 0 N–H and O–H groups in total. The maximum atomic E-state index is 6.06. The van der Waals surface area contributed by atoms with Crippen molar-refractivity contribution in [2.24, 2.45) is 0 Å². The van der Waals surface area contributed by atoms with Gasteiger partial charge in [-0.2, -0.15) is 0 Å². The normalized spacial score (nSPS) is 13.1. The van der Waals surface area contributed by atoms with E-state index >= 15 is 0 Å². The molecule has 0 aliphatic carbocycles. The van der Waals surface area contributed by atoms with Gasteiger partial charge in [-0.1, -0.05) is 39.1 Å². The van der Waals surface area contributed by atoms with Crippen molar-refractivity contribution < 1.29 is 4.42 Å². The third-order valence-electron chi connectivity index (χ3n) is 1.97. The first-order chi connectivity index (χ1) is 7.08. The molecule has 80 valence electrons. The fourth-order valence-corrected chi connectivity index (χ4v) is 3.69. The second-order valence-corrected chi connectivity index (χ2v) is 6.29. The smallest absolute Gasteiger partial charge is 0.122 e. The van der Waals surface area contributed by atoms with Crippen molar-refractivity contribution in [3.8, 4) is 0 Å². The van der Waals surface area contributed by atoms with Crippen LogP contribution in [-0.2, 0) is 0 Å². The van der Waals surface area contributed by atoms with E-state index in [1.54, 1.807) is 0 Å². The molecular formula is C10H7BrCl2OS. The lowest BCUT2D eigenvalue weighted by atomic mass is 10.2. The molecule has 15 heavy (non-hydrogen) atoms.